The lowest BCUT2D eigenvalue weighted by atomic mass is 9.88. The molecule has 1 aliphatic heterocycles. The number of alkyl carbamates (subject to hydrolysis) is 1. The molecule has 11 nitrogen and oxygen atoms in total. The fourth-order valence-electron chi connectivity index (χ4n) is 3.82. The van der Waals surface area contributed by atoms with E-state index < -0.39 is 24.1 Å². The number of pyridine rings is 1. The molecule has 0 spiro atoms. The molecule has 1 amide bonds. The molecule has 1 aliphatic carbocycles. The maximum Gasteiger partial charge on any atom is 0.414 e. The van der Waals surface area contributed by atoms with Crippen molar-refractivity contribution < 1.29 is 18.8 Å². The van der Waals surface area contributed by atoms with Crippen molar-refractivity contribution >= 4 is 23.7 Å². The zero-order valence-electron chi connectivity index (χ0n) is 19.5. The predicted molar refractivity (Wildman–Crippen MR) is 131 cm³/mol. The summed E-state index contributed by atoms with van der Waals surface area (Å²) in [6.07, 6.45) is 10.8. The minimum Gasteiger partial charge on any atom is -0.445 e. The number of nitrogens with one attached hydrogen (secondary N) is 2. The molecule has 2 aliphatic rings. The number of nitrogens with zero attached hydrogens (tertiary/aromatic N) is 5. The predicted octanol–water partition coefficient (Wildman–Crippen LogP) is 2.58. The summed E-state index contributed by atoms with van der Waals surface area (Å²) >= 11 is 0. The van der Waals surface area contributed by atoms with Crippen LogP contribution in [0.15, 0.2) is 65.9 Å². The average Bonchev–Trinajstić information content (AvgIpc) is 2.89. The van der Waals surface area contributed by atoms with Crippen LogP contribution in [0.5, 0.6) is 0 Å². The number of allylic oxidation sites excluding steroid dienone is 3. The summed E-state index contributed by atoms with van der Waals surface area (Å²) in [4.78, 5) is 31.9. The number of ether oxygens (including phenoxy) is 1. The number of amides is 1. The highest BCUT2D eigenvalue weighted by Crippen LogP contribution is 2.31. The van der Waals surface area contributed by atoms with Gasteiger partial charge in [0.25, 0.3) is 0 Å². The van der Waals surface area contributed by atoms with Gasteiger partial charge in [-0.1, -0.05) is 23.4 Å². The number of anilines is 1. The molecule has 0 bridgehead atoms. The molecule has 188 valence electrons. The first-order chi connectivity index (χ1) is 17.5. The molecule has 2 aromatic rings. The van der Waals surface area contributed by atoms with Crippen molar-refractivity contribution in [3.8, 4) is 0 Å². The van der Waals surface area contributed by atoms with Crippen LogP contribution in [0.1, 0.15) is 29.9 Å². The number of nitrogens with two attached hydrogens (primary N) is 1. The van der Waals surface area contributed by atoms with Gasteiger partial charge >= 0.3 is 6.09 Å². The molecular weight excluding hydrogens is 467 g/mol. The van der Waals surface area contributed by atoms with Gasteiger partial charge in [0, 0.05) is 62.2 Å². The maximum atomic E-state index is 15.1. The molecule has 3 heterocycles. The molecule has 2 aromatic heterocycles. The van der Waals surface area contributed by atoms with Crippen molar-refractivity contribution in [2.75, 3.05) is 24.6 Å². The zero-order valence-corrected chi connectivity index (χ0v) is 19.5. The third kappa shape index (κ3) is 6.62. The van der Waals surface area contributed by atoms with Crippen molar-refractivity contribution in [2.45, 2.75) is 31.5 Å². The monoisotopic (exact) mass is 494 g/mol. The van der Waals surface area contributed by atoms with Gasteiger partial charge in [0.05, 0.1) is 5.71 Å². The second kappa shape index (κ2) is 11.9. The van der Waals surface area contributed by atoms with Crippen molar-refractivity contribution in [1.82, 2.24) is 20.3 Å². The van der Waals surface area contributed by atoms with Gasteiger partial charge in [0.2, 0.25) is 5.95 Å². The summed E-state index contributed by atoms with van der Waals surface area (Å²) in [5.41, 5.74) is 7.99. The summed E-state index contributed by atoms with van der Waals surface area (Å²) < 4.78 is 20.1. The number of hydrogen-bond acceptors (Lipinski definition) is 9. The molecule has 1 saturated heterocycles. The fraction of sp³-hybridized carbons (Fsp3) is 0.333. The Kier molecular flexibility index (Phi) is 8.16. The minimum atomic E-state index is -1.41. The van der Waals surface area contributed by atoms with E-state index in [-0.39, 0.29) is 6.61 Å². The Morgan fingerprint density at radius 1 is 1.22 bits per heavy atom. The topological polar surface area (TPSA) is 152 Å². The van der Waals surface area contributed by atoms with Crippen LogP contribution in [0.2, 0.25) is 0 Å². The van der Waals surface area contributed by atoms with Crippen LogP contribution in [0.25, 0.3) is 0 Å². The van der Waals surface area contributed by atoms with Crippen molar-refractivity contribution in [1.29, 1.82) is 5.41 Å². The van der Waals surface area contributed by atoms with Crippen molar-refractivity contribution in [3.05, 3.63) is 71.8 Å². The van der Waals surface area contributed by atoms with Crippen molar-refractivity contribution in [3.63, 3.8) is 0 Å². The maximum absolute atomic E-state index is 15.1. The highest BCUT2D eigenvalue weighted by molar-refractivity contribution is 5.91. The van der Waals surface area contributed by atoms with Crippen LogP contribution in [0.4, 0.5) is 15.1 Å². The van der Waals surface area contributed by atoms with Crippen LogP contribution in [0.3, 0.4) is 0 Å². The highest BCUT2D eigenvalue weighted by Gasteiger charge is 2.28. The van der Waals surface area contributed by atoms with E-state index in [1.54, 1.807) is 43.0 Å². The summed E-state index contributed by atoms with van der Waals surface area (Å²) in [5, 5.41) is 13.3. The summed E-state index contributed by atoms with van der Waals surface area (Å²) in [5.74, 6) is -0.571. The van der Waals surface area contributed by atoms with Crippen LogP contribution in [0, 0.1) is 5.41 Å². The van der Waals surface area contributed by atoms with Gasteiger partial charge in [0.1, 0.15) is 19.4 Å². The number of guanidine groups is 1. The number of rotatable bonds is 7. The number of hydrogen-bond donors (Lipinski definition) is 3. The van der Waals surface area contributed by atoms with Crippen LogP contribution >= 0.6 is 0 Å². The van der Waals surface area contributed by atoms with Crippen LogP contribution in [-0.2, 0) is 16.2 Å². The quantitative estimate of drug-likeness (QED) is 0.302. The Hall–Kier alpha value is -4.35. The first-order valence-electron chi connectivity index (χ1n) is 11.4. The van der Waals surface area contributed by atoms with E-state index >= 15 is 4.39 Å². The molecule has 4 rings (SSSR count). The first-order valence-corrected chi connectivity index (χ1v) is 11.4. The van der Waals surface area contributed by atoms with E-state index in [0.717, 1.165) is 24.1 Å². The Bertz CT molecular complexity index is 1140. The van der Waals surface area contributed by atoms with Gasteiger partial charge in [-0.25, -0.2) is 19.2 Å². The molecule has 2 atom stereocenters. The average molecular weight is 495 g/mol. The number of halogens is 1. The Balaban J connectivity index is 1.27. The van der Waals surface area contributed by atoms with Crippen LogP contribution < -0.4 is 16.0 Å². The Morgan fingerprint density at radius 2 is 1.94 bits per heavy atom. The summed E-state index contributed by atoms with van der Waals surface area (Å²) in [6, 6.07) is 3.77. The molecule has 36 heavy (non-hydrogen) atoms. The molecular formula is C24H27FN8O3. The molecule has 2 unspecified atom stereocenters. The number of oxime groups is 1. The van der Waals surface area contributed by atoms with E-state index in [0.29, 0.717) is 36.8 Å². The number of piperidine rings is 1. The lowest BCUT2D eigenvalue weighted by molar-refractivity contribution is 0.129. The van der Waals surface area contributed by atoms with Crippen LogP contribution in [-0.4, -0.2) is 58.6 Å². The summed E-state index contributed by atoms with van der Waals surface area (Å²) in [7, 11) is 0. The number of carbonyl (C=O) groups is 1. The third-order valence-corrected chi connectivity index (χ3v) is 5.75. The number of aromatic nitrogens is 3. The van der Waals surface area contributed by atoms with Gasteiger partial charge in [-0.05, 0) is 23.3 Å². The van der Waals surface area contributed by atoms with E-state index in [9.17, 15) is 4.79 Å². The Morgan fingerprint density at radius 3 is 2.64 bits per heavy atom. The standard InChI is InChI=1S/C24H27FN8O3/c25-21-17(15-35-24(34)31-22(26)27)2-1-3-20(21)18-12-29-23(30-13-18)33-10-6-19(7-11-33)32-36-14-16-4-8-28-9-5-16/h1-5,8-9,12-13,20-21H,6-7,10-11,14-15H2,(H4,26,27,31,34). The molecule has 0 radical (unpaired) electrons. The number of alkyl halides is 1. The van der Waals surface area contributed by atoms with Gasteiger partial charge in [0.15, 0.2) is 5.96 Å². The fourth-order valence-corrected chi connectivity index (χ4v) is 3.82. The van der Waals surface area contributed by atoms with E-state index in [2.05, 4.69) is 25.0 Å². The smallest absolute Gasteiger partial charge is 0.414 e. The zero-order chi connectivity index (χ0) is 25.3. The highest BCUT2D eigenvalue weighted by atomic mass is 19.1. The molecule has 1 fully saturated rings. The van der Waals surface area contributed by atoms with E-state index in [4.69, 9.17) is 20.7 Å². The largest absolute Gasteiger partial charge is 0.445 e. The van der Waals surface area contributed by atoms with Gasteiger partial charge < -0.3 is 20.2 Å². The normalized spacial score (nSPS) is 19.3. The molecule has 12 heteroatoms. The molecule has 0 aromatic carbocycles. The van der Waals surface area contributed by atoms with Crippen molar-refractivity contribution in [2.24, 2.45) is 10.9 Å². The van der Waals surface area contributed by atoms with E-state index in [1.165, 1.54) is 0 Å². The second-order valence-electron chi connectivity index (χ2n) is 8.26. The van der Waals surface area contributed by atoms with E-state index in [1.807, 2.05) is 17.4 Å². The Labute approximate surface area is 207 Å². The molecule has 4 N–H and O–H groups in total. The SMILES string of the molecule is N=C(N)NC(=O)OCC1=CC=CC(c2cnc(N3CCC(=NOCc4ccncc4)CC3)nc2)C1F. The minimum absolute atomic E-state index is 0.260. The first kappa shape index (κ1) is 24.8. The lowest BCUT2D eigenvalue weighted by Gasteiger charge is -2.28. The second-order valence-corrected chi connectivity index (χ2v) is 8.26. The molecule has 0 saturated carbocycles. The lowest BCUT2D eigenvalue weighted by Crippen LogP contribution is -2.36. The summed E-state index contributed by atoms with van der Waals surface area (Å²) in [6.45, 7) is 1.56. The van der Waals surface area contributed by atoms with Gasteiger partial charge in [-0.2, -0.15) is 0 Å². The third-order valence-electron chi connectivity index (χ3n) is 5.75. The van der Waals surface area contributed by atoms with Gasteiger partial charge in [-0.15, -0.1) is 0 Å². The number of carbonyl (C=O) groups excluding carboxylic acids is 1. The van der Waals surface area contributed by atoms with Gasteiger partial charge in [-0.3, -0.25) is 15.7 Å².